The molecule has 0 aliphatic carbocycles. The standard InChI is InChI=1S/C20H19N3O2S/c21-19(25)16-11-17(15-9-5-2-6-10-15)26-20(16)23-18(24)13-22-12-14-7-3-1-4-8-14/h1-11,22H,12-13H2,(H2,21,25)(H,23,24). The van der Waals surface area contributed by atoms with Crippen LogP contribution in [-0.4, -0.2) is 18.4 Å². The molecular formula is C20H19N3O2S. The topological polar surface area (TPSA) is 84.2 Å². The molecule has 0 bridgehead atoms. The van der Waals surface area contributed by atoms with E-state index in [0.29, 0.717) is 17.1 Å². The molecule has 2 amide bonds. The van der Waals surface area contributed by atoms with E-state index in [4.69, 9.17) is 5.73 Å². The van der Waals surface area contributed by atoms with Gasteiger partial charge in [0.25, 0.3) is 5.91 Å². The fraction of sp³-hybridized carbons (Fsp3) is 0.100. The van der Waals surface area contributed by atoms with Gasteiger partial charge in [-0.3, -0.25) is 9.59 Å². The molecule has 0 aliphatic rings. The summed E-state index contributed by atoms with van der Waals surface area (Å²) in [6, 6.07) is 21.2. The van der Waals surface area contributed by atoms with Crippen molar-refractivity contribution in [3.05, 3.63) is 77.9 Å². The number of hydrogen-bond donors (Lipinski definition) is 3. The number of primary amides is 1. The predicted molar refractivity (Wildman–Crippen MR) is 105 cm³/mol. The normalized spacial score (nSPS) is 10.5. The summed E-state index contributed by atoms with van der Waals surface area (Å²) >= 11 is 1.34. The van der Waals surface area contributed by atoms with Crippen molar-refractivity contribution in [2.45, 2.75) is 6.54 Å². The first-order valence-corrected chi connectivity index (χ1v) is 8.98. The Hall–Kier alpha value is -2.96. The van der Waals surface area contributed by atoms with Crippen molar-refractivity contribution in [3.8, 4) is 10.4 Å². The molecule has 5 nitrogen and oxygen atoms in total. The van der Waals surface area contributed by atoms with Gasteiger partial charge in [-0.15, -0.1) is 11.3 Å². The third-order valence-electron chi connectivity index (χ3n) is 3.77. The summed E-state index contributed by atoms with van der Waals surface area (Å²) in [6.07, 6.45) is 0. The molecule has 0 radical (unpaired) electrons. The molecule has 2 aromatic carbocycles. The van der Waals surface area contributed by atoms with E-state index < -0.39 is 5.91 Å². The second kappa shape index (κ2) is 8.42. The van der Waals surface area contributed by atoms with Crippen molar-refractivity contribution in [2.24, 2.45) is 5.73 Å². The zero-order valence-corrected chi connectivity index (χ0v) is 14.9. The van der Waals surface area contributed by atoms with E-state index in [-0.39, 0.29) is 12.5 Å². The summed E-state index contributed by atoms with van der Waals surface area (Å²) in [5.41, 5.74) is 7.86. The van der Waals surface area contributed by atoms with Gasteiger partial charge in [0.1, 0.15) is 5.00 Å². The summed E-state index contributed by atoms with van der Waals surface area (Å²) in [6.45, 7) is 0.738. The maximum atomic E-state index is 12.2. The molecule has 132 valence electrons. The molecular weight excluding hydrogens is 346 g/mol. The van der Waals surface area contributed by atoms with Gasteiger partial charge in [-0.2, -0.15) is 0 Å². The Kier molecular flexibility index (Phi) is 5.78. The highest BCUT2D eigenvalue weighted by Gasteiger charge is 2.16. The first-order chi connectivity index (χ1) is 12.6. The Labute approximate surface area is 155 Å². The molecule has 3 aromatic rings. The molecule has 26 heavy (non-hydrogen) atoms. The Bertz CT molecular complexity index is 892. The van der Waals surface area contributed by atoms with Crippen LogP contribution in [0.5, 0.6) is 0 Å². The second-order valence-corrected chi connectivity index (χ2v) is 6.77. The van der Waals surface area contributed by atoms with Crippen LogP contribution in [0.15, 0.2) is 66.7 Å². The number of thiophene rings is 1. The molecule has 6 heteroatoms. The Balaban J connectivity index is 1.65. The minimum absolute atomic E-state index is 0.145. The predicted octanol–water partition coefficient (Wildman–Crippen LogP) is 3.24. The summed E-state index contributed by atoms with van der Waals surface area (Å²) in [4.78, 5) is 24.8. The Morgan fingerprint density at radius 1 is 0.962 bits per heavy atom. The first-order valence-electron chi connectivity index (χ1n) is 8.17. The number of amides is 2. The number of hydrogen-bond acceptors (Lipinski definition) is 4. The lowest BCUT2D eigenvalue weighted by molar-refractivity contribution is -0.115. The van der Waals surface area contributed by atoms with Gasteiger partial charge in [0.05, 0.1) is 12.1 Å². The minimum atomic E-state index is -0.559. The van der Waals surface area contributed by atoms with Crippen LogP contribution in [0.25, 0.3) is 10.4 Å². The lowest BCUT2D eigenvalue weighted by Crippen LogP contribution is -2.28. The highest BCUT2D eigenvalue weighted by molar-refractivity contribution is 7.20. The Morgan fingerprint density at radius 2 is 1.62 bits per heavy atom. The van der Waals surface area contributed by atoms with Gasteiger partial charge in [0.15, 0.2) is 0 Å². The van der Waals surface area contributed by atoms with E-state index in [2.05, 4.69) is 10.6 Å². The monoisotopic (exact) mass is 365 g/mol. The van der Waals surface area contributed by atoms with Crippen molar-refractivity contribution < 1.29 is 9.59 Å². The van der Waals surface area contributed by atoms with Crippen molar-refractivity contribution in [3.63, 3.8) is 0 Å². The Morgan fingerprint density at radius 3 is 2.27 bits per heavy atom. The smallest absolute Gasteiger partial charge is 0.251 e. The largest absolute Gasteiger partial charge is 0.366 e. The SMILES string of the molecule is NC(=O)c1cc(-c2ccccc2)sc1NC(=O)CNCc1ccccc1. The third kappa shape index (κ3) is 4.56. The number of nitrogens with two attached hydrogens (primary N) is 1. The van der Waals surface area contributed by atoms with E-state index >= 15 is 0 Å². The molecule has 0 saturated carbocycles. The maximum absolute atomic E-state index is 12.2. The van der Waals surface area contributed by atoms with E-state index in [1.165, 1.54) is 11.3 Å². The van der Waals surface area contributed by atoms with Crippen LogP contribution in [0.4, 0.5) is 5.00 Å². The van der Waals surface area contributed by atoms with Gasteiger partial charge in [-0.1, -0.05) is 60.7 Å². The lowest BCUT2D eigenvalue weighted by Gasteiger charge is -2.06. The van der Waals surface area contributed by atoms with Gasteiger partial charge in [0.2, 0.25) is 5.91 Å². The lowest BCUT2D eigenvalue weighted by atomic mass is 10.1. The van der Waals surface area contributed by atoms with Crippen molar-refractivity contribution >= 4 is 28.2 Å². The minimum Gasteiger partial charge on any atom is -0.366 e. The van der Waals surface area contributed by atoms with Crippen LogP contribution >= 0.6 is 11.3 Å². The van der Waals surface area contributed by atoms with Crippen LogP contribution in [0, 0.1) is 0 Å². The third-order valence-corrected chi connectivity index (χ3v) is 4.87. The molecule has 0 unspecified atom stereocenters. The quantitative estimate of drug-likeness (QED) is 0.601. The highest BCUT2D eigenvalue weighted by atomic mass is 32.1. The maximum Gasteiger partial charge on any atom is 0.251 e. The van der Waals surface area contributed by atoms with Crippen LogP contribution < -0.4 is 16.4 Å². The van der Waals surface area contributed by atoms with E-state index in [1.54, 1.807) is 6.07 Å². The number of rotatable bonds is 7. The number of carbonyl (C=O) groups excluding carboxylic acids is 2. The average Bonchev–Trinajstić information content (AvgIpc) is 3.07. The highest BCUT2D eigenvalue weighted by Crippen LogP contribution is 2.35. The molecule has 4 N–H and O–H groups in total. The molecule has 0 atom stereocenters. The van der Waals surface area contributed by atoms with Crippen LogP contribution in [-0.2, 0) is 11.3 Å². The second-order valence-electron chi connectivity index (χ2n) is 5.72. The van der Waals surface area contributed by atoms with Crippen LogP contribution in [0.3, 0.4) is 0 Å². The molecule has 0 spiro atoms. The van der Waals surface area contributed by atoms with E-state index in [9.17, 15) is 9.59 Å². The fourth-order valence-corrected chi connectivity index (χ4v) is 3.58. The molecule has 1 heterocycles. The average molecular weight is 365 g/mol. The fourth-order valence-electron chi connectivity index (χ4n) is 2.50. The summed E-state index contributed by atoms with van der Waals surface area (Å²) < 4.78 is 0. The van der Waals surface area contributed by atoms with Gasteiger partial charge >= 0.3 is 0 Å². The van der Waals surface area contributed by atoms with Crippen molar-refractivity contribution in [2.75, 3.05) is 11.9 Å². The van der Waals surface area contributed by atoms with Crippen LogP contribution in [0.1, 0.15) is 15.9 Å². The van der Waals surface area contributed by atoms with Crippen molar-refractivity contribution in [1.29, 1.82) is 0 Å². The zero-order chi connectivity index (χ0) is 18.4. The summed E-state index contributed by atoms with van der Waals surface area (Å²) in [7, 11) is 0. The van der Waals surface area contributed by atoms with Crippen molar-refractivity contribution in [1.82, 2.24) is 5.32 Å². The summed E-state index contributed by atoms with van der Waals surface area (Å²) in [5, 5.41) is 6.34. The van der Waals surface area contributed by atoms with Gasteiger partial charge in [0, 0.05) is 11.4 Å². The number of carbonyl (C=O) groups is 2. The van der Waals surface area contributed by atoms with E-state index in [1.807, 2.05) is 60.7 Å². The van der Waals surface area contributed by atoms with Gasteiger partial charge in [-0.05, 0) is 17.2 Å². The zero-order valence-electron chi connectivity index (χ0n) is 14.1. The number of anilines is 1. The van der Waals surface area contributed by atoms with E-state index in [0.717, 1.165) is 16.0 Å². The molecule has 3 rings (SSSR count). The molecule has 0 aliphatic heterocycles. The van der Waals surface area contributed by atoms with Gasteiger partial charge in [-0.25, -0.2) is 0 Å². The molecule has 1 aromatic heterocycles. The molecule has 0 fully saturated rings. The summed E-state index contributed by atoms with van der Waals surface area (Å²) in [5.74, 6) is -0.777. The first kappa shape index (κ1) is 17.8. The molecule has 0 saturated heterocycles. The van der Waals surface area contributed by atoms with Gasteiger partial charge < -0.3 is 16.4 Å². The number of nitrogens with one attached hydrogen (secondary N) is 2. The number of benzene rings is 2. The van der Waals surface area contributed by atoms with Crippen LogP contribution in [0.2, 0.25) is 0 Å².